The molecule has 0 aromatic heterocycles. The van der Waals surface area contributed by atoms with Crippen molar-refractivity contribution in [3.63, 3.8) is 0 Å². The molecule has 0 rings (SSSR count). The minimum Gasteiger partial charge on any atom is -0.309 e. The minimum atomic E-state index is 1.06. The van der Waals surface area contributed by atoms with Gasteiger partial charge in [0.15, 0.2) is 0 Å². The normalized spacial score (nSPS) is 11.1. The smallest absolute Gasteiger partial charge is 0.00248 e. The molecule has 2 heteroatoms. The highest BCUT2D eigenvalue weighted by molar-refractivity contribution is 7.80. The monoisotopic (exact) mass is 203 g/mol. The van der Waals surface area contributed by atoms with Crippen LogP contribution in [0.5, 0.6) is 0 Å². The molecule has 0 radical (unpaired) electrons. The van der Waals surface area contributed by atoms with Gasteiger partial charge in [0.1, 0.15) is 0 Å². The average Bonchev–Trinajstić information content (AvgIpc) is 2.09. The van der Waals surface area contributed by atoms with Crippen molar-refractivity contribution in [2.75, 3.05) is 26.4 Å². The van der Waals surface area contributed by atoms with Crippen molar-refractivity contribution < 1.29 is 0 Å². The third-order valence-corrected chi connectivity index (χ3v) is 2.58. The summed E-state index contributed by atoms with van der Waals surface area (Å²) in [5.74, 6) is 1.06. The molecule has 0 aromatic carbocycles. The Bertz CT molecular complexity index is 94.1. The van der Waals surface area contributed by atoms with Gasteiger partial charge >= 0.3 is 0 Å². The van der Waals surface area contributed by atoms with Crippen LogP contribution in [0.1, 0.15) is 44.9 Å². The third-order valence-electron chi connectivity index (χ3n) is 2.26. The first-order valence-corrected chi connectivity index (χ1v) is 6.16. The van der Waals surface area contributed by atoms with E-state index in [0.717, 1.165) is 5.75 Å². The summed E-state index contributed by atoms with van der Waals surface area (Å²) in [7, 11) is 4.29. The Balaban J connectivity index is 2.84. The number of hydrogen-bond acceptors (Lipinski definition) is 2. The van der Waals surface area contributed by atoms with Crippen molar-refractivity contribution in [3.05, 3.63) is 0 Å². The van der Waals surface area contributed by atoms with E-state index in [-0.39, 0.29) is 0 Å². The summed E-state index contributed by atoms with van der Waals surface area (Å²) >= 11 is 4.20. The topological polar surface area (TPSA) is 3.24 Å². The Morgan fingerprint density at radius 2 is 1.23 bits per heavy atom. The predicted octanol–water partition coefficient (Wildman–Crippen LogP) is 3.21. The van der Waals surface area contributed by atoms with Gasteiger partial charge in [-0.05, 0) is 39.2 Å². The molecule has 0 aromatic rings. The Labute approximate surface area is 89.3 Å². The van der Waals surface area contributed by atoms with Gasteiger partial charge < -0.3 is 4.90 Å². The first-order valence-electron chi connectivity index (χ1n) is 5.53. The van der Waals surface area contributed by atoms with Crippen LogP contribution in [-0.4, -0.2) is 31.3 Å². The van der Waals surface area contributed by atoms with Gasteiger partial charge in [-0.15, -0.1) is 0 Å². The fourth-order valence-electron chi connectivity index (χ4n) is 1.42. The van der Waals surface area contributed by atoms with Crippen LogP contribution in [0.25, 0.3) is 0 Å². The van der Waals surface area contributed by atoms with Gasteiger partial charge in [0.05, 0.1) is 0 Å². The molecule has 0 aliphatic rings. The maximum atomic E-state index is 4.20. The first-order chi connectivity index (χ1) is 6.27. The van der Waals surface area contributed by atoms with Crippen LogP contribution in [0, 0.1) is 0 Å². The molecule has 80 valence electrons. The molecule has 1 nitrogen and oxygen atoms in total. The van der Waals surface area contributed by atoms with Gasteiger partial charge in [0, 0.05) is 0 Å². The van der Waals surface area contributed by atoms with E-state index in [1.807, 2.05) is 0 Å². The van der Waals surface area contributed by atoms with Gasteiger partial charge in [-0.1, -0.05) is 32.1 Å². The lowest BCUT2D eigenvalue weighted by Gasteiger charge is -2.08. The van der Waals surface area contributed by atoms with E-state index < -0.39 is 0 Å². The Morgan fingerprint density at radius 3 is 1.69 bits per heavy atom. The van der Waals surface area contributed by atoms with Crippen LogP contribution in [-0.2, 0) is 0 Å². The minimum absolute atomic E-state index is 1.06. The SMILES string of the molecule is CN(C)CCCCCCCCCS. The van der Waals surface area contributed by atoms with E-state index >= 15 is 0 Å². The number of rotatable bonds is 9. The molecule has 0 fully saturated rings. The predicted molar refractivity (Wildman–Crippen MR) is 64.7 cm³/mol. The van der Waals surface area contributed by atoms with Crippen molar-refractivity contribution in [1.29, 1.82) is 0 Å². The molecule has 0 atom stereocenters. The van der Waals surface area contributed by atoms with E-state index in [2.05, 4.69) is 31.6 Å². The molecule has 0 saturated carbocycles. The van der Waals surface area contributed by atoms with E-state index in [1.54, 1.807) is 0 Å². The van der Waals surface area contributed by atoms with Crippen LogP contribution in [0.3, 0.4) is 0 Å². The third kappa shape index (κ3) is 12.3. The lowest BCUT2D eigenvalue weighted by molar-refractivity contribution is 0.389. The van der Waals surface area contributed by atoms with Crippen LogP contribution >= 0.6 is 12.6 Å². The molecule has 0 unspecified atom stereocenters. The summed E-state index contributed by atoms with van der Waals surface area (Å²) in [5.41, 5.74) is 0. The highest BCUT2D eigenvalue weighted by atomic mass is 32.1. The molecule has 0 heterocycles. The van der Waals surface area contributed by atoms with Gasteiger partial charge in [-0.2, -0.15) is 12.6 Å². The van der Waals surface area contributed by atoms with Crippen molar-refractivity contribution in [2.24, 2.45) is 0 Å². The zero-order valence-electron chi connectivity index (χ0n) is 9.26. The molecule has 0 amide bonds. The van der Waals surface area contributed by atoms with Crippen LogP contribution < -0.4 is 0 Å². The van der Waals surface area contributed by atoms with Crippen LogP contribution in [0.2, 0.25) is 0 Å². The summed E-state index contributed by atoms with van der Waals surface area (Å²) in [4.78, 5) is 2.26. The summed E-state index contributed by atoms with van der Waals surface area (Å²) in [5, 5.41) is 0. The van der Waals surface area contributed by atoms with E-state index in [0.29, 0.717) is 0 Å². The second kappa shape index (κ2) is 10.4. The van der Waals surface area contributed by atoms with E-state index in [9.17, 15) is 0 Å². The highest BCUT2D eigenvalue weighted by Gasteiger charge is 1.92. The quantitative estimate of drug-likeness (QED) is 0.445. The fourth-order valence-corrected chi connectivity index (χ4v) is 1.65. The second-order valence-corrected chi connectivity index (χ2v) is 4.45. The zero-order valence-corrected chi connectivity index (χ0v) is 10.2. The van der Waals surface area contributed by atoms with Crippen molar-refractivity contribution in [1.82, 2.24) is 4.90 Å². The molecular formula is C11H25NS. The summed E-state index contributed by atoms with van der Waals surface area (Å²) in [6.07, 6.45) is 9.67. The summed E-state index contributed by atoms with van der Waals surface area (Å²) < 4.78 is 0. The van der Waals surface area contributed by atoms with Crippen LogP contribution in [0.15, 0.2) is 0 Å². The van der Waals surface area contributed by atoms with Crippen molar-refractivity contribution in [3.8, 4) is 0 Å². The first kappa shape index (κ1) is 13.3. The fraction of sp³-hybridized carbons (Fsp3) is 1.00. The van der Waals surface area contributed by atoms with Gasteiger partial charge in [-0.3, -0.25) is 0 Å². The molecule has 0 aliphatic carbocycles. The molecule has 0 bridgehead atoms. The van der Waals surface area contributed by atoms with Crippen molar-refractivity contribution in [2.45, 2.75) is 44.9 Å². The molecule has 0 aliphatic heterocycles. The molecule has 0 spiro atoms. The number of hydrogen-bond donors (Lipinski definition) is 1. The average molecular weight is 203 g/mol. The van der Waals surface area contributed by atoms with Gasteiger partial charge in [0.25, 0.3) is 0 Å². The number of nitrogens with zero attached hydrogens (tertiary/aromatic N) is 1. The Morgan fingerprint density at radius 1 is 0.769 bits per heavy atom. The summed E-state index contributed by atoms with van der Waals surface area (Å²) in [6, 6.07) is 0. The maximum absolute atomic E-state index is 4.20. The highest BCUT2D eigenvalue weighted by Crippen LogP contribution is 2.07. The Hall–Kier alpha value is 0.310. The summed E-state index contributed by atoms with van der Waals surface area (Å²) in [6.45, 7) is 1.25. The standard InChI is InChI=1S/C11H25NS/c1-12(2)10-8-6-4-3-5-7-9-11-13/h13H,3-11H2,1-2H3. The molecule has 0 saturated heterocycles. The largest absolute Gasteiger partial charge is 0.309 e. The van der Waals surface area contributed by atoms with Crippen LogP contribution in [0.4, 0.5) is 0 Å². The Kier molecular flexibility index (Phi) is 10.6. The van der Waals surface area contributed by atoms with Gasteiger partial charge in [-0.25, -0.2) is 0 Å². The molecular weight excluding hydrogens is 178 g/mol. The number of unbranched alkanes of at least 4 members (excludes halogenated alkanes) is 6. The molecule has 0 N–H and O–H groups in total. The van der Waals surface area contributed by atoms with Crippen molar-refractivity contribution >= 4 is 12.6 Å². The second-order valence-electron chi connectivity index (χ2n) is 4.00. The van der Waals surface area contributed by atoms with E-state index in [1.165, 1.54) is 51.5 Å². The lowest BCUT2D eigenvalue weighted by Crippen LogP contribution is -2.12. The molecule has 13 heavy (non-hydrogen) atoms. The maximum Gasteiger partial charge on any atom is -0.00248 e. The van der Waals surface area contributed by atoms with E-state index in [4.69, 9.17) is 0 Å². The number of thiol groups is 1. The van der Waals surface area contributed by atoms with Gasteiger partial charge in [0.2, 0.25) is 0 Å². The lowest BCUT2D eigenvalue weighted by atomic mass is 10.1. The zero-order chi connectivity index (χ0) is 9.94.